The number of rotatable bonds is 3. The maximum Gasteiger partial charge on any atom is 0.317 e. The van der Waals surface area contributed by atoms with Crippen molar-refractivity contribution in [1.29, 1.82) is 5.26 Å². The predicted molar refractivity (Wildman–Crippen MR) is 132 cm³/mol. The number of halogens is 2. The number of nitrogens with zero attached hydrogens (tertiary/aromatic N) is 7. The van der Waals surface area contributed by atoms with Crippen molar-refractivity contribution in [3.05, 3.63) is 53.7 Å². The van der Waals surface area contributed by atoms with Gasteiger partial charge in [0.2, 0.25) is 5.92 Å². The summed E-state index contributed by atoms with van der Waals surface area (Å²) < 4.78 is 31.2. The minimum atomic E-state index is -2.67. The van der Waals surface area contributed by atoms with E-state index in [-0.39, 0.29) is 24.8 Å². The van der Waals surface area contributed by atoms with Crippen molar-refractivity contribution in [2.45, 2.75) is 37.8 Å². The lowest BCUT2D eigenvalue weighted by molar-refractivity contribution is -0.0892. The van der Waals surface area contributed by atoms with E-state index in [9.17, 15) is 18.8 Å². The number of amides is 2. The zero-order valence-electron chi connectivity index (χ0n) is 20.4. The molecule has 6 rings (SSSR count). The molecule has 9 nitrogen and oxygen atoms in total. The molecule has 0 saturated heterocycles. The van der Waals surface area contributed by atoms with E-state index in [0.717, 1.165) is 22.2 Å². The number of alkyl halides is 2. The summed E-state index contributed by atoms with van der Waals surface area (Å²) >= 11 is 0. The largest absolute Gasteiger partial charge is 0.341 e. The smallest absolute Gasteiger partial charge is 0.317 e. The van der Waals surface area contributed by atoms with Gasteiger partial charge in [-0.1, -0.05) is 12.1 Å². The predicted octanol–water partition coefficient (Wildman–Crippen LogP) is 4.04. The summed E-state index contributed by atoms with van der Waals surface area (Å²) in [4.78, 5) is 23.8. The first-order valence-electron chi connectivity index (χ1n) is 12.0. The van der Waals surface area contributed by atoms with E-state index in [1.54, 1.807) is 42.1 Å². The third-order valence-corrected chi connectivity index (χ3v) is 7.21. The highest BCUT2D eigenvalue weighted by molar-refractivity contribution is 5.96. The second-order valence-electron chi connectivity index (χ2n) is 9.63. The van der Waals surface area contributed by atoms with Crippen LogP contribution in [-0.2, 0) is 20.1 Å². The zero-order valence-corrected chi connectivity index (χ0v) is 20.4. The van der Waals surface area contributed by atoms with Crippen LogP contribution in [0.1, 0.15) is 35.8 Å². The molecule has 0 spiro atoms. The number of fused-ring (bicyclic) bond motifs is 2. The van der Waals surface area contributed by atoms with Crippen molar-refractivity contribution >= 4 is 16.9 Å². The number of nitriles is 1. The molecule has 1 saturated carbocycles. The van der Waals surface area contributed by atoms with Crippen molar-refractivity contribution < 1.29 is 13.6 Å². The van der Waals surface area contributed by atoms with E-state index in [1.807, 2.05) is 22.8 Å². The molecule has 0 unspecified atom stereocenters. The van der Waals surface area contributed by atoms with Crippen LogP contribution in [0.5, 0.6) is 0 Å². The van der Waals surface area contributed by atoms with Crippen LogP contribution < -0.4 is 5.32 Å². The summed E-state index contributed by atoms with van der Waals surface area (Å²) in [5, 5.41) is 17.5. The first-order valence-corrected chi connectivity index (χ1v) is 12.0. The number of carbonyl (C=O) groups is 1. The standard InChI is InChI=1S/C26H24F2N8O/c1-30-25(37)35-6-7-36-21(14-35)23(33-24(36)16-9-26(27,28)10-16)18-4-3-5-20-19(18)8-15(11-29)22(32-20)17-12-31-34(2)13-17/h3-5,8,12-13,16H,6-7,9-10,14H2,1-2H3,(H,30,37). The monoisotopic (exact) mass is 502 g/mol. The molecular weight excluding hydrogens is 478 g/mol. The molecule has 1 N–H and O–H groups in total. The molecule has 1 aliphatic heterocycles. The van der Waals surface area contributed by atoms with Crippen molar-refractivity contribution in [2.24, 2.45) is 7.05 Å². The number of urea groups is 1. The van der Waals surface area contributed by atoms with Gasteiger partial charge in [-0.05, 0) is 12.1 Å². The average molecular weight is 503 g/mol. The Morgan fingerprint density at radius 2 is 2.03 bits per heavy atom. The highest BCUT2D eigenvalue weighted by Crippen LogP contribution is 2.49. The van der Waals surface area contributed by atoms with Gasteiger partial charge in [-0.25, -0.2) is 23.5 Å². The maximum absolute atomic E-state index is 13.8. The molecule has 3 aromatic heterocycles. The first kappa shape index (κ1) is 23.1. The lowest BCUT2D eigenvalue weighted by Crippen LogP contribution is -2.43. The molecule has 2 amide bonds. The van der Waals surface area contributed by atoms with E-state index in [2.05, 4.69) is 16.5 Å². The summed E-state index contributed by atoms with van der Waals surface area (Å²) in [5.74, 6) is -2.38. The van der Waals surface area contributed by atoms with Crippen LogP contribution >= 0.6 is 0 Å². The summed E-state index contributed by atoms with van der Waals surface area (Å²) in [7, 11) is 3.38. The number of aryl methyl sites for hydroxylation is 1. The first-order chi connectivity index (χ1) is 17.8. The minimum Gasteiger partial charge on any atom is -0.341 e. The van der Waals surface area contributed by atoms with Crippen LogP contribution in [0.25, 0.3) is 33.4 Å². The Balaban J connectivity index is 1.52. The normalized spacial score (nSPS) is 16.8. The number of benzene rings is 1. The second kappa shape index (κ2) is 8.37. The van der Waals surface area contributed by atoms with Gasteiger partial charge < -0.3 is 14.8 Å². The van der Waals surface area contributed by atoms with E-state index in [4.69, 9.17) is 9.97 Å². The number of hydrogen-bond donors (Lipinski definition) is 1. The van der Waals surface area contributed by atoms with Crippen LogP contribution in [0.15, 0.2) is 36.7 Å². The molecule has 37 heavy (non-hydrogen) atoms. The molecule has 0 radical (unpaired) electrons. The quantitative estimate of drug-likeness (QED) is 0.455. The fraction of sp³-hybridized carbons (Fsp3) is 0.346. The van der Waals surface area contributed by atoms with Crippen LogP contribution in [0, 0.1) is 11.3 Å². The molecule has 188 valence electrons. The number of imidazole rings is 1. The van der Waals surface area contributed by atoms with Gasteiger partial charge in [0.25, 0.3) is 0 Å². The van der Waals surface area contributed by atoms with E-state index in [0.29, 0.717) is 47.9 Å². The van der Waals surface area contributed by atoms with Crippen molar-refractivity contribution in [2.75, 3.05) is 13.6 Å². The Kier molecular flexibility index (Phi) is 5.22. The molecule has 1 aliphatic carbocycles. The van der Waals surface area contributed by atoms with Gasteiger partial charge in [-0.15, -0.1) is 0 Å². The Morgan fingerprint density at radius 3 is 2.70 bits per heavy atom. The Bertz CT molecular complexity index is 1590. The Hall–Kier alpha value is -4.33. The Labute approximate surface area is 211 Å². The van der Waals surface area contributed by atoms with E-state index >= 15 is 0 Å². The lowest BCUT2D eigenvalue weighted by atomic mass is 9.80. The lowest BCUT2D eigenvalue weighted by Gasteiger charge is -2.36. The van der Waals surface area contributed by atoms with E-state index < -0.39 is 5.92 Å². The van der Waals surface area contributed by atoms with Gasteiger partial charge in [0, 0.05) is 68.7 Å². The number of nitrogens with one attached hydrogen (secondary N) is 1. The highest BCUT2D eigenvalue weighted by Gasteiger charge is 2.48. The van der Waals surface area contributed by atoms with Gasteiger partial charge in [0.15, 0.2) is 0 Å². The summed E-state index contributed by atoms with van der Waals surface area (Å²) in [6.45, 7) is 1.24. The SMILES string of the molecule is CNC(=O)N1CCn2c(C3CC(F)(F)C3)nc(-c3cccc4nc(-c5cnn(C)c5)c(C#N)cc34)c2C1. The molecule has 1 aromatic carbocycles. The third kappa shape index (κ3) is 3.80. The van der Waals surface area contributed by atoms with Gasteiger partial charge in [0.1, 0.15) is 11.9 Å². The number of pyridine rings is 1. The summed E-state index contributed by atoms with van der Waals surface area (Å²) in [5.41, 5.74) is 4.51. The fourth-order valence-corrected chi connectivity index (χ4v) is 5.35. The minimum absolute atomic E-state index is 0.206. The van der Waals surface area contributed by atoms with Gasteiger partial charge in [-0.2, -0.15) is 10.4 Å². The molecule has 2 aliphatic rings. The van der Waals surface area contributed by atoms with Gasteiger partial charge >= 0.3 is 6.03 Å². The molecule has 11 heteroatoms. The van der Waals surface area contributed by atoms with Crippen LogP contribution in [0.3, 0.4) is 0 Å². The number of carbonyl (C=O) groups excluding carboxylic acids is 1. The second-order valence-corrected chi connectivity index (χ2v) is 9.63. The van der Waals surface area contributed by atoms with E-state index in [1.165, 1.54) is 0 Å². The summed E-state index contributed by atoms with van der Waals surface area (Å²) in [6.07, 6.45) is 3.01. The zero-order chi connectivity index (χ0) is 25.9. The molecule has 1 fully saturated rings. The number of aromatic nitrogens is 5. The average Bonchev–Trinajstić information content (AvgIpc) is 3.48. The molecular formula is C26H24F2N8O. The van der Waals surface area contributed by atoms with Crippen LogP contribution in [0.2, 0.25) is 0 Å². The fourth-order valence-electron chi connectivity index (χ4n) is 5.35. The number of hydrogen-bond acceptors (Lipinski definition) is 5. The highest BCUT2D eigenvalue weighted by atomic mass is 19.3. The molecule has 0 bridgehead atoms. The topological polar surface area (TPSA) is 105 Å². The third-order valence-electron chi connectivity index (χ3n) is 7.21. The molecule has 4 aromatic rings. The van der Waals surface area contributed by atoms with Crippen molar-refractivity contribution in [3.63, 3.8) is 0 Å². The van der Waals surface area contributed by atoms with Crippen LogP contribution in [-0.4, -0.2) is 54.8 Å². The van der Waals surface area contributed by atoms with Gasteiger partial charge in [0.05, 0.1) is 40.9 Å². The summed E-state index contributed by atoms with van der Waals surface area (Å²) in [6, 6.07) is 9.47. The maximum atomic E-state index is 13.8. The Morgan fingerprint density at radius 1 is 1.22 bits per heavy atom. The van der Waals surface area contributed by atoms with Crippen LogP contribution in [0.4, 0.5) is 13.6 Å². The van der Waals surface area contributed by atoms with Crippen molar-refractivity contribution in [3.8, 4) is 28.6 Å². The van der Waals surface area contributed by atoms with Gasteiger partial charge in [-0.3, -0.25) is 4.68 Å². The molecule has 4 heterocycles. The molecule has 0 atom stereocenters. The van der Waals surface area contributed by atoms with Crippen molar-refractivity contribution in [1.82, 2.24) is 34.5 Å².